The summed E-state index contributed by atoms with van der Waals surface area (Å²) in [7, 11) is -2.66. The highest BCUT2D eigenvalue weighted by atomic mass is 32.2. The minimum Gasteiger partial charge on any atom is -0.497 e. The topological polar surface area (TPSA) is 96.0 Å². The molecule has 1 aliphatic rings. The number of nitrogens with one attached hydrogen (secondary N) is 1. The fourth-order valence-corrected chi connectivity index (χ4v) is 6.47. The van der Waals surface area contributed by atoms with Gasteiger partial charge < -0.3 is 15.0 Å². The summed E-state index contributed by atoms with van der Waals surface area (Å²) in [6.07, 6.45) is 4.99. The van der Waals surface area contributed by atoms with Gasteiger partial charge in [-0.25, -0.2) is 12.8 Å². The molecule has 0 aromatic heterocycles. The number of anilines is 1. The van der Waals surface area contributed by atoms with E-state index in [4.69, 9.17) is 4.74 Å². The molecule has 1 fully saturated rings. The Kier molecular flexibility index (Phi) is 10.2. The molecule has 1 saturated carbocycles. The summed E-state index contributed by atoms with van der Waals surface area (Å²) < 4.78 is 47.7. The quantitative estimate of drug-likeness (QED) is 0.329. The fourth-order valence-electron chi connectivity index (χ4n) is 5.05. The van der Waals surface area contributed by atoms with Gasteiger partial charge in [0, 0.05) is 12.6 Å². The number of amides is 2. The number of hydrogen-bond donors (Lipinski definition) is 1. The van der Waals surface area contributed by atoms with E-state index >= 15 is 0 Å². The maximum absolute atomic E-state index is 14.0. The van der Waals surface area contributed by atoms with Gasteiger partial charge >= 0.3 is 0 Å². The van der Waals surface area contributed by atoms with Gasteiger partial charge in [-0.15, -0.1) is 0 Å². The van der Waals surface area contributed by atoms with Crippen molar-refractivity contribution in [2.45, 2.75) is 69.5 Å². The molecule has 0 radical (unpaired) electrons. The number of methoxy groups -OCH3 is 1. The second-order valence-electron chi connectivity index (χ2n) is 10.7. The third-order valence-corrected chi connectivity index (χ3v) is 9.42. The normalized spacial score (nSPS) is 14.6. The highest BCUT2D eigenvalue weighted by Crippen LogP contribution is 2.26. The molecule has 0 heterocycles. The second kappa shape index (κ2) is 13.8. The minimum atomic E-state index is -4.22. The van der Waals surface area contributed by atoms with Crippen LogP contribution in [0.2, 0.25) is 0 Å². The smallest absolute Gasteiger partial charge is 0.264 e. The Balaban J connectivity index is 1.66. The number of benzene rings is 3. The van der Waals surface area contributed by atoms with E-state index in [1.165, 1.54) is 29.2 Å². The third-order valence-electron chi connectivity index (χ3n) is 7.63. The van der Waals surface area contributed by atoms with Crippen LogP contribution in [0.3, 0.4) is 0 Å². The Morgan fingerprint density at radius 1 is 0.952 bits per heavy atom. The van der Waals surface area contributed by atoms with Crippen molar-refractivity contribution in [2.24, 2.45) is 0 Å². The van der Waals surface area contributed by atoms with E-state index in [0.29, 0.717) is 5.75 Å². The largest absolute Gasteiger partial charge is 0.497 e. The molecule has 2 amide bonds. The average molecular weight is 596 g/mol. The van der Waals surface area contributed by atoms with Crippen LogP contribution < -0.4 is 14.4 Å². The molecule has 0 spiro atoms. The van der Waals surface area contributed by atoms with Crippen molar-refractivity contribution in [3.63, 3.8) is 0 Å². The van der Waals surface area contributed by atoms with Crippen LogP contribution in [-0.4, -0.2) is 50.9 Å². The van der Waals surface area contributed by atoms with Crippen LogP contribution in [0, 0.1) is 12.7 Å². The minimum absolute atomic E-state index is 0.00461. The van der Waals surface area contributed by atoms with E-state index in [1.807, 2.05) is 6.92 Å². The van der Waals surface area contributed by atoms with E-state index in [0.717, 1.165) is 59.7 Å². The number of halogens is 1. The first-order valence-corrected chi connectivity index (χ1v) is 15.6. The molecule has 0 bridgehead atoms. The van der Waals surface area contributed by atoms with Crippen LogP contribution in [0.1, 0.15) is 50.2 Å². The predicted molar refractivity (Wildman–Crippen MR) is 160 cm³/mol. The summed E-state index contributed by atoms with van der Waals surface area (Å²) in [6, 6.07) is 17.5. The molecule has 4 rings (SSSR count). The number of sulfonamides is 1. The zero-order chi connectivity index (χ0) is 30.3. The average Bonchev–Trinajstić information content (AvgIpc) is 2.99. The highest BCUT2D eigenvalue weighted by molar-refractivity contribution is 7.92. The molecular weight excluding hydrogens is 557 g/mol. The van der Waals surface area contributed by atoms with Crippen molar-refractivity contribution in [1.82, 2.24) is 10.2 Å². The van der Waals surface area contributed by atoms with Crippen LogP contribution in [0.5, 0.6) is 5.75 Å². The second-order valence-corrected chi connectivity index (χ2v) is 12.6. The van der Waals surface area contributed by atoms with Gasteiger partial charge in [-0.3, -0.25) is 13.9 Å². The van der Waals surface area contributed by atoms with Crippen LogP contribution in [0.25, 0.3) is 0 Å². The van der Waals surface area contributed by atoms with Gasteiger partial charge in [-0.05, 0) is 80.8 Å². The van der Waals surface area contributed by atoms with Gasteiger partial charge in [0.2, 0.25) is 11.8 Å². The third kappa shape index (κ3) is 7.67. The lowest BCUT2D eigenvalue weighted by Gasteiger charge is -2.33. The Morgan fingerprint density at radius 2 is 1.57 bits per heavy atom. The van der Waals surface area contributed by atoms with E-state index < -0.39 is 34.3 Å². The van der Waals surface area contributed by atoms with Gasteiger partial charge in [-0.1, -0.05) is 49.1 Å². The number of ether oxygens (including phenoxy) is 1. The van der Waals surface area contributed by atoms with Gasteiger partial charge in [0.1, 0.15) is 24.2 Å². The lowest BCUT2D eigenvalue weighted by atomic mass is 9.95. The van der Waals surface area contributed by atoms with Gasteiger partial charge in [0.25, 0.3) is 10.0 Å². The standard InChI is InChI=1S/C32H38FN3O5S/c1-23-9-19-30(20-10-23)42(39,40)36(28-15-13-26(33)14-16-28)22-31(37)35(21-25-11-17-29(41-3)18-12-25)24(2)32(38)34-27-7-5-4-6-8-27/h9-20,24,27H,4-8,21-22H2,1-3H3,(H,34,38). The van der Waals surface area contributed by atoms with E-state index in [1.54, 1.807) is 50.4 Å². The zero-order valence-electron chi connectivity index (χ0n) is 24.3. The zero-order valence-corrected chi connectivity index (χ0v) is 25.1. The molecule has 3 aromatic carbocycles. The molecule has 3 aromatic rings. The number of nitrogens with zero attached hydrogens (tertiary/aromatic N) is 2. The molecule has 8 nitrogen and oxygen atoms in total. The first-order valence-electron chi connectivity index (χ1n) is 14.2. The molecule has 1 unspecified atom stereocenters. The molecule has 0 saturated heterocycles. The molecule has 1 atom stereocenters. The maximum atomic E-state index is 14.0. The molecule has 1 aliphatic carbocycles. The van der Waals surface area contributed by atoms with E-state index in [2.05, 4.69) is 5.32 Å². The van der Waals surface area contributed by atoms with Crippen molar-refractivity contribution >= 4 is 27.5 Å². The van der Waals surface area contributed by atoms with E-state index in [-0.39, 0.29) is 29.1 Å². The molecule has 42 heavy (non-hydrogen) atoms. The SMILES string of the molecule is COc1ccc(CN(C(=O)CN(c2ccc(F)cc2)S(=O)(=O)c2ccc(C)cc2)C(C)C(=O)NC2CCCCC2)cc1. The lowest BCUT2D eigenvalue weighted by Crippen LogP contribution is -2.53. The van der Waals surface area contributed by atoms with Crippen molar-refractivity contribution in [3.05, 3.63) is 89.7 Å². The first-order chi connectivity index (χ1) is 20.1. The van der Waals surface area contributed by atoms with Crippen LogP contribution >= 0.6 is 0 Å². The highest BCUT2D eigenvalue weighted by Gasteiger charge is 2.33. The number of aryl methyl sites for hydroxylation is 1. The summed E-state index contributed by atoms with van der Waals surface area (Å²) in [5, 5.41) is 3.08. The van der Waals surface area contributed by atoms with Crippen LogP contribution in [0.15, 0.2) is 77.7 Å². The fraction of sp³-hybridized carbons (Fsp3) is 0.375. The van der Waals surface area contributed by atoms with Crippen molar-refractivity contribution in [2.75, 3.05) is 18.0 Å². The van der Waals surface area contributed by atoms with Crippen molar-refractivity contribution < 1.29 is 27.1 Å². The Labute approximate surface area is 247 Å². The summed E-state index contributed by atoms with van der Waals surface area (Å²) in [5.74, 6) is -0.756. The number of carbonyl (C=O) groups excluding carboxylic acids is 2. The van der Waals surface area contributed by atoms with Crippen LogP contribution in [0.4, 0.5) is 10.1 Å². The van der Waals surface area contributed by atoms with Gasteiger partial charge in [0.15, 0.2) is 0 Å². The van der Waals surface area contributed by atoms with Crippen molar-refractivity contribution in [3.8, 4) is 5.75 Å². The molecule has 224 valence electrons. The Morgan fingerprint density at radius 3 is 2.17 bits per heavy atom. The number of carbonyl (C=O) groups is 2. The van der Waals surface area contributed by atoms with Gasteiger partial charge in [-0.2, -0.15) is 0 Å². The lowest BCUT2D eigenvalue weighted by molar-refractivity contribution is -0.139. The monoisotopic (exact) mass is 595 g/mol. The van der Waals surface area contributed by atoms with E-state index in [9.17, 15) is 22.4 Å². The summed E-state index contributed by atoms with van der Waals surface area (Å²) >= 11 is 0. The van der Waals surface area contributed by atoms with Crippen molar-refractivity contribution in [1.29, 1.82) is 0 Å². The first kappa shape index (κ1) is 31.0. The molecule has 0 aliphatic heterocycles. The van der Waals surface area contributed by atoms with Crippen LogP contribution in [-0.2, 0) is 26.2 Å². The Hall–Kier alpha value is -3.92. The summed E-state index contributed by atoms with van der Waals surface area (Å²) in [5.41, 5.74) is 1.76. The Bertz CT molecular complexity index is 1460. The maximum Gasteiger partial charge on any atom is 0.264 e. The summed E-state index contributed by atoms with van der Waals surface area (Å²) in [4.78, 5) is 28.8. The molecule has 1 N–H and O–H groups in total. The summed E-state index contributed by atoms with van der Waals surface area (Å²) in [6.45, 7) is 2.98. The molecule has 10 heteroatoms. The number of hydrogen-bond acceptors (Lipinski definition) is 5. The van der Waals surface area contributed by atoms with Gasteiger partial charge in [0.05, 0.1) is 17.7 Å². The predicted octanol–water partition coefficient (Wildman–Crippen LogP) is 5.20. The molecular formula is C32H38FN3O5S. The number of rotatable bonds is 11.